The molecule has 2 bridgehead atoms. The van der Waals surface area contributed by atoms with E-state index in [0.717, 1.165) is 30.5 Å². The van der Waals surface area contributed by atoms with Crippen LogP contribution in [-0.4, -0.2) is 34.7 Å². The molecule has 0 aliphatic carbocycles. The van der Waals surface area contributed by atoms with E-state index in [1.807, 2.05) is 0 Å². The van der Waals surface area contributed by atoms with E-state index >= 15 is 4.39 Å². The molecule has 1 N–H and O–H groups in total. The highest BCUT2D eigenvalue weighted by Crippen LogP contribution is 2.40. The molecule has 1 fully saturated rings. The van der Waals surface area contributed by atoms with Gasteiger partial charge in [0.1, 0.15) is 11.6 Å². The first kappa shape index (κ1) is 22.2. The van der Waals surface area contributed by atoms with Gasteiger partial charge in [0.25, 0.3) is 0 Å². The molecule has 10 heteroatoms. The minimum Gasteiger partial charge on any atom is -0.307 e. The SMILES string of the molecule is Cc1cc(-n2nc3c(c2-n2ccn(-c4ccc5c(cnn5C)c4F)c2=O)C2CCC(C3)N2)cc(C)c1F. The highest BCUT2D eigenvalue weighted by Gasteiger charge is 2.38. The van der Waals surface area contributed by atoms with Crippen molar-refractivity contribution in [3.63, 3.8) is 0 Å². The Hall–Kier alpha value is -4.05. The number of aryl methyl sites for hydroxylation is 3. The van der Waals surface area contributed by atoms with Crippen molar-refractivity contribution >= 4 is 10.9 Å². The van der Waals surface area contributed by atoms with E-state index in [4.69, 9.17) is 5.10 Å². The molecule has 188 valence electrons. The second-order valence-electron chi connectivity index (χ2n) is 10.1. The average Bonchev–Trinajstić information content (AvgIpc) is 3.64. The van der Waals surface area contributed by atoms with Gasteiger partial charge in [-0.2, -0.15) is 10.2 Å². The van der Waals surface area contributed by atoms with E-state index in [-0.39, 0.29) is 17.5 Å². The summed E-state index contributed by atoms with van der Waals surface area (Å²) in [6.45, 7) is 3.44. The Kier molecular flexibility index (Phi) is 4.63. The number of rotatable bonds is 3. The lowest BCUT2D eigenvalue weighted by molar-refractivity contribution is 0.509. The van der Waals surface area contributed by atoms with Gasteiger partial charge >= 0.3 is 5.69 Å². The molecule has 5 heterocycles. The molecule has 2 aliphatic rings. The second kappa shape index (κ2) is 7.72. The number of imidazole rings is 1. The Morgan fingerprint density at radius 3 is 2.57 bits per heavy atom. The maximum absolute atomic E-state index is 15.5. The third-order valence-corrected chi connectivity index (χ3v) is 7.78. The number of nitrogens with zero attached hydrogens (tertiary/aromatic N) is 6. The molecule has 2 atom stereocenters. The first-order valence-electron chi connectivity index (χ1n) is 12.4. The van der Waals surface area contributed by atoms with Gasteiger partial charge in [-0.05, 0) is 62.1 Å². The molecule has 3 aromatic heterocycles. The van der Waals surface area contributed by atoms with Gasteiger partial charge in [0.2, 0.25) is 0 Å². The number of benzene rings is 2. The Balaban J connectivity index is 1.46. The summed E-state index contributed by atoms with van der Waals surface area (Å²) in [4.78, 5) is 13.8. The largest absolute Gasteiger partial charge is 0.338 e. The standard InChI is InChI=1S/C27H25F2N7O/c1-14-10-17(11-15(2)24(14)28)36-26(23-19-5-4-16(31-19)12-20(23)32-36)35-9-8-34(27(35)37)22-7-6-21-18(25(22)29)13-30-33(21)3/h6-11,13,16,19,31H,4-5,12H2,1-3H3. The van der Waals surface area contributed by atoms with Gasteiger partial charge in [0.05, 0.1) is 34.2 Å². The highest BCUT2D eigenvalue weighted by molar-refractivity contribution is 5.81. The summed E-state index contributed by atoms with van der Waals surface area (Å²) in [6, 6.07) is 7.25. The van der Waals surface area contributed by atoms with Gasteiger partial charge in [0, 0.05) is 43.5 Å². The fourth-order valence-corrected chi connectivity index (χ4v) is 5.96. The fourth-order valence-electron chi connectivity index (χ4n) is 5.96. The molecule has 0 saturated carbocycles. The maximum atomic E-state index is 15.5. The van der Waals surface area contributed by atoms with Crippen LogP contribution in [0.1, 0.15) is 41.3 Å². The molecule has 0 spiro atoms. The summed E-state index contributed by atoms with van der Waals surface area (Å²) in [5, 5.41) is 13.1. The van der Waals surface area contributed by atoms with Crippen molar-refractivity contribution in [3.05, 3.63) is 87.4 Å². The quantitative estimate of drug-likeness (QED) is 0.406. The van der Waals surface area contributed by atoms with E-state index in [0.29, 0.717) is 39.6 Å². The Morgan fingerprint density at radius 2 is 1.78 bits per heavy atom. The number of halogens is 2. The van der Waals surface area contributed by atoms with Crippen LogP contribution in [0.3, 0.4) is 0 Å². The van der Waals surface area contributed by atoms with Crippen LogP contribution in [-0.2, 0) is 13.5 Å². The van der Waals surface area contributed by atoms with E-state index in [2.05, 4.69) is 10.4 Å². The topological polar surface area (TPSA) is 74.6 Å². The molecule has 0 amide bonds. The van der Waals surface area contributed by atoms with Crippen LogP contribution < -0.4 is 11.0 Å². The first-order valence-corrected chi connectivity index (χ1v) is 12.4. The number of aromatic nitrogens is 6. The van der Waals surface area contributed by atoms with E-state index in [9.17, 15) is 9.18 Å². The second-order valence-corrected chi connectivity index (χ2v) is 10.1. The van der Waals surface area contributed by atoms with Crippen LogP contribution in [0.5, 0.6) is 0 Å². The Morgan fingerprint density at radius 1 is 1.03 bits per heavy atom. The lowest BCUT2D eigenvalue weighted by Gasteiger charge is -2.21. The maximum Gasteiger partial charge on any atom is 0.338 e. The van der Waals surface area contributed by atoms with E-state index in [1.54, 1.807) is 66.9 Å². The molecule has 2 aromatic carbocycles. The molecular weight excluding hydrogens is 476 g/mol. The van der Waals surface area contributed by atoms with Crippen molar-refractivity contribution in [1.82, 2.24) is 34.0 Å². The third-order valence-electron chi connectivity index (χ3n) is 7.78. The highest BCUT2D eigenvalue weighted by atomic mass is 19.1. The monoisotopic (exact) mass is 501 g/mol. The van der Waals surface area contributed by atoms with Gasteiger partial charge in [-0.3, -0.25) is 13.8 Å². The predicted octanol–water partition coefficient (Wildman–Crippen LogP) is 3.94. The van der Waals surface area contributed by atoms with Crippen LogP contribution >= 0.6 is 0 Å². The zero-order valence-corrected chi connectivity index (χ0v) is 20.7. The van der Waals surface area contributed by atoms with Gasteiger partial charge < -0.3 is 5.32 Å². The lowest BCUT2D eigenvalue weighted by Crippen LogP contribution is -2.32. The molecule has 37 heavy (non-hydrogen) atoms. The number of nitrogens with one attached hydrogen (secondary N) is 1. The van der Waals surface area contributed by atoms with Gasteiger partial charge in [-0.1, -0.05) is 0 Å². The van der Waals surface area contributed by atoms with Crippen LogP contribution in [0.4, 0.5) is 8.78 Å². The Labute approximate surface area is 210 Å². The number of hydrogen-bond donors (Lipinski definition) is 1. The zero-order valence-electron chi connectivity index (χ0n) is 20.7. The van der Waals surface area contributed by atoms with E-state index in [1.165, 1.54) is 15.3 Å². The summed E-state index contributed by atoms with van der Waals surface area (Å²) >= 11 is 0. The molecule has 2 unspecified atom stereocenters. The van der Waals surface area contributed by atoms with Crippen molar-refractivity contribution in [3.8, 4) is 17.2 Å². The predicted molar refractivity (Wildman–Crippen MR) is 135 cm³/mol. The summed E-state index contributed by atoms with van der Waals surface area (Å²) < 4.78 is 36.1. The van der Waals surface area contributed by atoms with Crippen molar-refractivity contribution in [2.45, 2.75) is 45.2 Å². The number of hydrogen-bond acceptors (Lipinski definition) is 4. The van der Waals surface area contributed by atoms with Gasteiger partial charge in [-0.15, -0.1) is 0 Å². The molecule has 8 nitrogen and oxygen atoms in total. The third kappa shape index (κ3) is 3.11. The summed E-state index contributed by atoms with van der Waals surface area (Å²) in [7, 11) is 1.74. The van der Waals surface area contributed by atoms with Crippen LogP contribution in [0.15, 0.2) is 47.7 Å². The van der Waals surface area contributed by atoms with Gasteiger partial charge in [0.15, 0.2) is 5.82 Å². The van der Waals surface area contributed by atoms with Crippen molar-refractivity contribution in [2.75, 3.05) is 0 Å². The minimum absolute atomic E-state index is 0.0684. The van der Waals surface area contributed by atoms with E-state index < -0.39 is 11.5 Å². The minimum atomic E-state index is -0.508. The zero-order chi connectivity index (χ0) is 25.6. The molecule has 0 radical (unpaired) electrons. The first-order chi connectivity index (χ1) is 17.8. The van der Waals surface area contributed by atoms with Crippen LogP contribution in [0, 0.1) is 25.5 Å². The fraction of sp³-hybridized carbons (Fsp3) is 0.296. The van der Waals surface area contributed by atoms with Gasteiger partial charge in [-0.25, -0.2) is 18.3 Å². The molecular formula is C27H25F2N7O. The molecule has 7 rings (SSSR count). The van der Waals surface area contributed by atoms with Crippen molar-refractivity contribution in [2.24, 2.45) is 7.05 Å². The molecule has 1 saturated heterocycles. The summed E-state index contributed by atoms with van der Waals surface area (Å²) in [5.41, 5.74) is 3.97. The summed E-state index contributed by atoms with van der Waals surface area (Å²) in [5.74, 6) is -0.163. The summed E-state index contributed by atoms with van der Waals surface area (Å²) in [6.07, 6.45) is 7.42. The average molecular weight is 502 g/mol. The Bertz CT molecular complexity index is 1770. The smallest absolute Gasteiger partial charge is 0.307 e. The lowest BCUT2D eigenvalue weighted by atomic mass is 10.0. The molecule has 2 aliphatic heterocycles. The van der Waals surface area contributed by atoms with Crippen LogP contribution in [0.25, 0.3) is 28.1 Å². The normalized spacial score (nSPS) is 18.6. The molecule has 5 aromatic rings. The van der Waals surface area contributed by atoms with Crippen molar-refractivity contribution in [1.29, 1.82) is 0 Å². The number of fused-ring (bicyclic) bond motifs is 5. The van der Waals surface area contributed by atoms with Crippen LogP contribution in [0.2, 0.25) is 0 Å². The van der Waals surface area contributed by atoms with Crippen molar-refractivity contribution < 1.29 is 8.78 Å².